The summed E-state index contributed by atoms with van der Waals surface area (Å²) >= 11 is 1.81. The van der Waals surface area contributed by atoms with Gasteiger partial charge in [-0.15, -0.1) is 11.8 Å². The van der Waals surface area contributed by atoms with E-state index in [1.54, 1.807) is 11.8 Å². The first kappa shape index (κ1) is 23.5. The highest BCUT2D eigenvalue weighted by Gasteiger charge is 2.25. The van der Waals surface area contributed by atoms with E-state index in [0.717, 1.165) is 25.6 Å². The van der Waals surface area contributed by atoms with Gasteiger partial charge < -0.3 is 5.32 Å². The van der Waals surface area contributed by atoms with Gasteiger partial charge in [0.2, 0.25) is 10.0 Å². The van der Waals surface area contributed by atoms with E-state index in [1.165, 1.54) is 36.3 Å². The molecule has 31 heavy (non-hydrogen) atoms. The summed E-state index contributed by atoms with van der Waals surface area (Å²) in [7, 11) is -4.01. The number of sulfonamides is 1. The Labute approximate surface area is 187 Å². The van der Waals surface area contributed by atoms with Crippen LogP contribution < -0.4 is 10.5 Å². The molecule has 3 rings (SSSR count). The maximum atomic E-state index is 11.6. The van der Waals surface area contributed by atoms with Crippen LogP contribution in [0.3, 0.4) is 0 Å². The molecular formula is C21H28N4O4S2. The van der Waals surface area contributed by atoms with Gasteiger partial charge in [-0.1, -0.05) is 24.6 Å². The normalized spacial score (nSPS) is 17.1. The number of anilines is 1. The Morgan fingerprint density at radius 1 is 1.16 bits per heavy atom. The van der Waals surface area contributed by atoms with Gasteiger partial charge in [0, 0.05) is 17.0 Å². The largest absolute Gasteiger partial charge is 0.377 e. The summed E-state index contributed by atoms with van der Waals surface area (Å²) in [6.07, 6.45) is 4.37. The minimum atomic E-state index is -4.01. The zero-order valence-electron chi connectivity index (χ0n) is 17.4. The van der Waals surface area contributed by atoms with Crippen molar-refractivity contribution in [2.45, 2.75) is 53.8 Å². The molecule has 0 aliphatic carbocycles. The number of nitro benzene ring substituents is 1. The summed E-state index contributed by atoms with van der Waals surface area (Å²) in [5.74, 6) is 0. The molecule has 0 amide bonds. The standard InChI is InChI=1S/C21H28N4O4S2/c1-16(23-19-11-10-18(31(22,28)29)15-20(19)25(26)27)14-21(24-12-6-3-7-13-24)30-17-8-4-2-5-9-17/h2,4-5,8-11,15-16,21,23H,3,6-7,12-14H2,1H3,(H2,22,28,29)/t16-,21+/m1/s1. The Hall–Kier alpha value is -2.14. The van der Waals surface area contributed by atoms with Crippen molar-refractivity contribution < 1.29 is 13.3 Å². The average molecular weight is 465 g/mol. The lowest BCUT2D eigenvalue weighted by Gasteiger charge is -2.35. The molecule has 0 saturated carbocycles. The summed E-state index contributed by atoms with van der Waals surface area (Å²) in [4.78, 5) is 14.3. The number of nitro groups is 1. The number of primary sulfonamides is 1. The van der Waals surface area contributed by atoms with Gasteiger partial charge in [0.25, 0.3) is 5.69 Å². The highest BCUT2D eigenvalue weighted by atomic mass is 32.2. The molecule has 0 unspecified atom stereocenters. The summed E-state index contributed by atoms with van der Waals surface area (Å²) in [6, 6.07) is 13.9. The van der Waals surface area contributed by atoms with Gasteiger partial charge in [0.05, 0.1) is 15.2 Å². The van der Waals surface area contributed by atoms with Crippen molar-refractivity contribution in [3.63, 3.8) is 0 Å². The lowest BCUT2D eigenvalue weighted by molar-refractivity contribution is -0.384. The fraction of sp³-hybridized carbons (Fsp3) is 0.429. The predicted octanol–water partition coefficient (Wildman–Crippen LogP) is 4.04. The third kappa shape index (κ3) is 6.67. The minimum absolute atomic E-state index is 0.0674. The number of nitrogens with zero attached hydrogens (tertiary/aromatic N) is 2. The molecule has 8 nitrogen and oxygen atoms in total. The molecule has 2 aromatic rings. The van der Waals surface area contributed by atoms with Crippen molar-refractivity contribution in [3.8, 4) is 0 Å². The number of benzene rings is 2. The lowest BCUT2D eigenvalue weighted by Crippen LogP contribution is -2.40. The zero-order valence-corrected chi connectivity index (χ0v) is 19.1. The van der Waals surface area contributed by atoms with Crippen LogP contribution in [0.1, 0.15) is 32.6 Å². The van der Waals surface area contributed by atoms with E-state index in [9.17, 15) is 18.5 Å². The second-order valence-electron chi connectivity index (χ2n) is 7.74. The molecular weight excluding hydrogens is 436 g/mol. The fourth-order valence-corrected chi connectivity index (χ4v) is 5.63. The van der Waals surface area contributed by atoms with Gasteiger partial charge in [-0.25, -0.2) is 13.6 Å². The summed E-state index contributed by atoms with van der Waals surface area (Å²) in [5, 5.41) is 20.1. The zero-order chi connectivity index (χ0) is 22.4. The Morgan fingerprint density at radius 3 is 2.45 bits per heavy atom. The molecule has 10 heteroatoms. The van der Waals surface area contributed by atoms with Crippen LogP contribution >= 0.6 is 11.8 Å². The number of likely N-dealkylation sites (tertiary alicyclic amines) is 1. The quantitative estimate of drug-likeness (QED) is 0.327. The Bertz CT molecular complexity index is 996. The molecule has 1 aliphatic heterocycles. The fourth-order valence-electron chi connectivity index (χ4n) is 3.72. The molecule has 168 valence electrons. The molecule has 1 fully saturated rings. The molecule has 0 radical (unpaired) electrons. The van der Waals surface area contributed by atoms with E-state index in [2.05, 4.69) is 22.3 Å². The number of thioether (sulfide) groups is 1. The second-order valence-corrected chi connectivity index (χ2v) is 10.6. The topological polar surface area (TPSA) is 119 Å². The molecule has 2 aromatic carbocycles. The minimum Gasteiger partial charge on any atom is -0.377 e. The van der Waals surface area contributed by atoms with Crippen LogP contribution in [0.2, 0.25) is 0 Å². The molecule has 1 saturated heterocycles. The number of hydrogen-bond donors (Lipinski definition) is 2. The Kier molecular flexibility index (Phi) is 7.93. The van der Waals surface area contributed by atoms with Crippen LogP contribution in [0.15, 0.2) is 58.3 Å². The van der Waals surface area contributed by atoms with Crippen LogP contribution in [-0.4, -0.2) is 42.7 Å². The van der Waals surface area contributed by atoms with E-state index in [0.29, 0.717) is 0 Å². The third-order valence-corrected chi connectivity index (χ3v) is 7.48. The summed E-state index contributed by atoms with van der Waals surface area (Å²) < 4.78 is 23.1. The monoisotopic (exact) mass is 464 g/mol. The SMILES string of the molecule is C[C@H](C[C@H](Sc1ccccc1)N1CCCCC1)Nc1ccc(S(N)(=O)=O)cc1[N+](=O)[O-]. The number of nitrogens with two attached hydrogens (primary N) is 1. The average Bonchev–Trinajstić information content (AvgIpc) is 2.74. The smallest absolute Gasteiger partial charge is 0.293 e. The van der Waals surface area contributed by atoms with Crippen LogP contribution in [0.25, 0.3) is 0 Å². The molecule has 0 aromatic heterocycles. The number of hydrogen-bond acceptors (Lipinski definition) is 7. The predicted molar refractivity (Wildman–Crippen MR) is 124 cm³/mol. The highest BCUT2D eigenvalue weighted by molar-refractivity contribution is 7.99. The van der Waals surface area contributed by atoms with Crippen molar-refractivity contribution in [3.05, 3.63) is 58.6 Å². The molecule has 1 aliphatic rings. The molecule has 1 heterocycles. The maximum Gasteiger partial charge on any atom is 0.293 e. The van der Waals surface area contributed by atoms with Gasteiger partial charge >= 0.3 is 0 Å². The number of piperidine rings is 1. The van der Waals surface area contributed by atoms with E-state index < -0.39 is 14.9 Å². The van der Waals surface area contributed by atoms with Crippen LogP contribution in [0.5, 0.6) is 0 Å². The van der Waals surface area contributed by atoms with Gasteiger partial charge in [0.15, 0.2) is 0 Å². The van der Waals surface area contributed by atoms with Crippen molar-refractivity contribution >= 4 is 33.2 Å². The first-order valence-electron chi connectivity index (χ1n) is 10.3. The van der Waals surface area contributed by atoms with E-state index in [4.69, 9.17) is 5.14 Å². The first-order chi connectivity index (χ1) is 14.7. The molecule has 2 atom stereocenters. The summed E-state index contributed by atoms with van der Waals surface area (Å²) in [5.41, 5.74) is -0.0179. The van der Waals surface area contributed by atoms with Crippen molar-refractivity contribution in [1.29, 1.82) is 0 Å². The first-order valence-corrected chi connectivity index (χ1v) is 12.7. The molecule has 3 N–H and O–H groups in total. The van der Waals surface area contributed by atoms with Crippen molar-refractivity contribution in [1.82, 2.24) is 4.90 Å². The Balaban J connectivity index is 1.77. The van der Waals surface area contributed by atoms with Gasteiger partial charge in [-0.05, 0) is 63.5 Å². The number of nitrogens with one attached hydrogen (secondary N) is 1. The summed E-state index contributed by atoms with van der Waals surface area (Å²) in [6.45, 7) is 4.07. The van der Waals surface area contributed by atoms with Crippen molar-refractivity contribution in [2.75, 3.05) is 18.4 Å². The van der Waals surface area contributed by atoms with Gasteiger partial charge in [-0.2, -0.15) is 0 Å². The van der Waals surface area contributed by atoms with Crippen LogP contribution in [0.4, 0.5) is 11.4 Å². The molecule has 0 bridgehead atoms. The highest BCUT2D eigenvalue weighted by Crippen LogP contribution is 2.33. The van der Waals surface area contributed by atoms with Crippen LogP contribution in [0, 0.1) is 10.1 Å². The maximum absolute atomic E-state index is 11.6. The Morgan fingerprint density at radius 2 is 1.84 bits per heavy atom. The number of rotatable bonds is 9. The molecule has 0 spiro atoms. The van der Waals surface area contributed by atoms with E-state index in [-0.39, 0.29) is 27.7 Å². The van der Waals surface area contributed by atoms with Crippen LogP contribution in [-0.2, 0) is 10.0 Å². The third-order valence-electron chi connectivity index (χ3n) is 5.26. The lowest BCUT2D eigenvalue weighted by atomic mass is 10.1. The van der Waals surface area contributed by atoms with E-state index >= 15 is 0 Å². The van der Waals surface area contributed by atoms with E-state index in [1.807, 2.05) is 25.1 Å². The second kappa shape index (κ2) is 10.4. The van der Waals surface area contributed by atoms with Gasteiger partial charge in [-0.3, -0.25) is 15.0 Å². The van der Waals surface area contributed by atoms with Crippen molar-refractivity contribution in [2.24, 2.45) is 5.14 Å². The van der Waals surface area contributed by atoms with Gasteiger partial charge in [0.1, 0.15) is 5.69 Å².